The van der Waals surface area contributed by atoms with Crippen molar-refractivity contribution in [1.29, 1.82) is 0 Å². The molecule has 0 aliphatic carbocycles. The number of aromatic nitrogens is 3. The summed E-state index contributed by atoms with van der Waals surface area (Å²) < 4.78 is 6.16. The number of aromatic amines is 1. The van der Waals surface area contributed by atoms with Crippen LogP contribution in [0.15, 0.2) is 27.5 Å². The molecular weight excluding hydrogens is 260 g/mol. The summed E-state index contributed by atoms with van der Waals surface area (Å²) >= 11 is 3.27. The molecular formula is C9H11BrN4O. The van der Waals surface area contributed by atoms with Crippen LogP contribution in [0.3, 0.4) is 0 Å². The van der Waals surface area contributed by atoms with Crippen LogP contribution in [0.5, 0.6) is 0 Å². The second-order valence-corrected chi connectivity index (χ2v) is 3.96. The van der Waals surface area contributed by atoms with Crippen molar-refractivity contribution in [2.45, 2.75) is 19.5 Å². The third kappa shape index (κ3) is 2.66. The average molecular weight is 271 g/mol. The molecule has 2 N–H and O–H groups in total. The van der Waals surface area contributed by atoms with Crippen molar-refractivity contribution in [3.05, 3.63) is 34.7 Å². The van der Waals surface area contributed by atoms with Gasteiger partial charge in [-0.15, -0.1) is 0 Å². The number of hydrogen-bond acceptors (Lipinski definition) is 4. The van der Waals surface area contributed by atoms with E-state index in [0.717, 1.165) is 16.3 Å². The number of halogens is 1. The highest BCUT2D eigenvalue weighted by Crippen LogP contribution is 2.19. The molecule has 80 valence electrons. The standard InChI is InChI=1S/C9H11BrN4O/c1-6(7-2-3-8(10)15-7)11-4-9-12-5-13-14-9/h2-3,5-6,11H,4H2,1H3,(H,12,13,14). The topological polar surface area (TPSA) is 66.7 Å². The SMILES string of the molecule is CC(NCc1ncn[nH]1)c1ccc(Br)o1. The lowest BCUT2D eigenvalue weighted by Gasteiger charge is -2.09. The summed E-state index contributed by atoms with van der Waals surface area (Å²) in [6.45, 7) is 2.67. The number of rotatable bonds is 4. The van der Waals surface area contributed by atoms with Crippen molar-refractivity contribution >= 4 is 15.9 Å². The van der Waals surface area contributed by atoms with Crippen molar-refractivity contribution in [2.24, 2.45) is 0 Å². The molecule has 0 fully saturated rings. The minimum Gasteiger partial charge on any atom is -0.453 e. The Morgan fingerprint density at radius 3 is 3.07 bits per heavy atom. The Balaban J connectivity index is 1.90. The minimum atomic E-state index is 0.140. The molecule has 1 unspecified atom stereocenters. The number of furan rings is 1. The molecule has 2 heterocycles. The molecule has 15 heavy (non-hydrogen) atoms. The van der Waals surface area contributed by atoms with Crippen LogP contribution in [-0.2, 0) is 6.54 Å². The summed E-state index contributed by atoms with van der Waals surface area (Å²) in [5.41, 5.74) is 0. The summed E-state index contributed by atoms with van der Waals surface area (Å²) in [5, 5.41) is 9.82. The van der Waals surface area contributed by atoms with Gasteiger partial charge in [0.25, 0.3) is 0 Å². The molecule has 0 bridgehead atoms. The molecule has 5 nitrogen and oxygen atoms in total. The molecule has 2 aromatic rings. The lowest BCUT2D eigenvalue weighted by atomic mass is 10.2. The maximum atomic E-state index is 5.42. The molecule has 0 aromatic carbocycles. The first kappa shape index (κ1) is 10.4. The Kier molecular flexibility index (Phi) is 3.17. The van der Waals surface area contributed by atoms with Gasteiger partial charge in [-0.25, -0.2) is 4.98 Å². The second-order valence-electron chi connectivity index (χ2n) is 3.18. The number of hydrogen-bond donors (Lipinski definition) is 2. The quantitative estimate of drug-likeness (QED) is 0.892. The number of H-pyrrole nitrogens is 1. The zero-order valence-electron chi connectivity index (χ0n) is 8.20. The largest absolute Gasteiger partial charge is 0.453 e. The van der Waals surface area contributed by atoms with Gasteiger partial charge in [-0.3, -0.25) is 5.10 Å². The molecule has 0 radical (unpaired) electrons. The summed E-state index contributed by atoms with van der Waals surface area (Å²) in [6, 6.07) is 3.95. The van der Waals surface area contributed by atoms with E-state index in [2.05, 4.69) is 36.4 Å². The van der Waals surface area contributed by atoms with Crippen LogP contribution in [-0.4, -0.2) is 15.2 Å². The summed E-state index contributed by atoms with van der Waals surface area (Å²) in [4.78, 5) is 4.02. The van der Waals surface area contributed by atoms with Crippen molar-refractivity contribution < 1.29 is 4.42 Å². The van der Waals surface area contributed by atoms with E-state index in [1.165, 1.54) is 6.33 Å². The fourth-order valence-corrected chi connectivity index (χ4v) is 1.55. The number of nitrogens with zero attached hydrogens (tertiary/aromatic N) is 2. The fraction of sp³-hybridized carbons (Fsp3) is 0.333. The van der Waals surface area contributed by atoms with Gasteiger partial charge < -0.3 is 9.73 Å². The van der Waals surface area contributed by atoms with Crippen LogP contribution in [0, 0.1) is 0 Å². The van der Waals surface area contributed by atoms with Gasteiger partial charge in [0.2, 0.25) is 0 Å². The molecule has 0 saturated carbocycles. The molecule has 0 aliphatic rings. The molecule has 1 atom stereocenters. The smallest absolute Gasteiger partial charge is 0.169 e. The van der Waals surface area contributed by atoms with Crippen molar-refractivity contribution in [2.75, 3.05) is 0 Å². The van der Waals surface area contributed by atoms with Crippen LogP contribution in [0.25, 0.3) is 0 Å². The monoisotopic (exact) mass is 270 g/mol. The van der Waals surface area contributed by atoms with E-state index in [4.69, 9.17) is 4.42 Å². The van der Waals surface area contributed by atoms with E-state index in [1.54, 1.807) is 0 Å². The van der Waals surface area contributed by atoms with Crippen molar-refractivity contribution in [1.82, 2.24) is 20.5 Å². The average Bonchev–Trinajstić information content (AvgIpc) is 2.84. The van der Waals surface area contributed by atoms with E-state index in [-0.39, 0.29) is 6.04 Å². The molecule has 0 amide bonds. The lowest BCUT2D eigenvalue weighted by Crippen LogP contribution is -2.18. The van der Waals surface area contributed by atoms with E-state index in [9.17, 15) is 0 Å². The van der Waals surface area contributed by atoms with Gasteiger partial charge in [0, 0.05) is 0 Å². The Hall–Kier alpha value is -1.14. The van der Waals surface area contributed by atoms with Gasteiger partial charge in [-0.05, 0) is 35.0 Å². The van der Waals surface area contributed by atoms with E-state index in [0.29, 0.717) is 6.54 Å². The van der Waals surface area contributed by atoms with Crippen LogP contribution in [0.1, 0.15) is 24.6 Å². The van der Waals surface area contributed by atoms with Gasteiger partial charge >= 0.3 is 0 Å². The third-order valence-electron chi connectivity index (χ3n) is 2.06. The molecule has 6 heteroatoms. The van der Waals surface area contributed by atoms with Crippen LogP contribution in [0.4, 0.5) is 0 Å². The van der Waals surface area contributed by atoms with Gasteiger partial charge in [0.1, 0.15) is 17.9 Å². The first-order chi connectivity index (χ1) is 7.25. The zero-order chi connectivity index (χ0) is 10.7. The van der Waals surface area contributed by atoms with E-state index < -0.39 is 0 Å². The van der Waals surface area contributed by atoms with Crippen LogP contribution >= 0.6 is 15.9 Å². The summed E-state index contributed by atoms with van der Waals surface area (Å²) in [5.74, 6) is 1.70. The van der Waals surface area contributed by atoms with E-state index in [1.807, 2.05) is 19.1 Å². The Morgan fingerprint density at radius 2 is 2.47 bits per heavy atom. The highest BCUT2D eigenvalue weighted by molar-refractivity contribution is 9.10. The molecule has 2 rings (SSSR count). The Labute approximate surface area is 95.4 Å². The van der Waals surface area contributed by atoms with Crippen LogP contribution < -0.4 is 5.32 Å². The predicted molar refractivity (Wildman–Crippen MR) is 58.0 cm³/mol. The van der Waals surface area contributed by atoms with Gasteiger partial charge in [0.15, 0.2) is 4.67 Å². The Bertz CT molecular complexity index is 411. The normalized spacial score (nSPS) is 12.9. The first-order valence-electron chi connectivity index (χ1n) is 4.58. The maximum Gasteiger partial charge on any atom is 0.169 e. The summed E-state index contributed by atoms with van der Waals surface area (Å²) in [7, 11) is 0. The zero-order valence-corrected chi connectivity index (χ0v) is 9.78. The number of nitrogens with one attached hydrogen (secondary N) is 2. The van der Waals surface area contributed by atoms with Gasteiger partial charge in [-0.1, -0.05) is 0 Å². The minimum absolute atomic E-state index is 0.140. The molecule has 0 spiro atoms. The van der Waals surface area contributed by atoms with Crippen molar-refractivity contribution in [3.8, 4) is 0 Å². The molecule has 2 aromatic heterocycles. The third-order valence-corrected chi connectivity index (χ3v) is 2.49. The second kappa shape index (κ2) is 4.59. The maximum absolute atomic E-state index is 5.42. The van der Waals surface area contributed by atoms with Crippen LogP contribution in [0.2, 0.25) is 0 Å². The highest BCUT2D eigenvalue weighted by atomic mass is 79.9. The fourth-order valence-electron chi connectivity index (χ4n) is 1.23. The lowest BCUT2D eigenvalue weighted by molar-refractivity contribution is 0.415. The van der Waals surface area contributed by atoms with Crippen molar-refractivity contribution in [3.63, 3.8) is 0 Å². The highest BCUT2D eigenvalue weighted by Gasteiger charge is 2.09. The van der Waals surface area contributed by atoms with Gasteiger partial charge in [-0.2, -0.15) is 5.10 Å². The first-order valence-corrected chi connectivity index (χ1v) is 5.38. The van der Waals surface area contributed by atoms with Gasteiger partial charge in [0.05, 0.1) is 12.6 Å². The molecule has 0 saturated heterocycles. The van der Waals surface area contributed by atoms with E-state index >= 15 is 0 Å². The summed E-state index contributed by atoms with van der Waals surface area (Å²) in [6.07, 6.45) is 1.49. The molecule has 0 aliphatic heterocycles. The Morgan fingerprint density at radius 1 is 1.60 bits per heavy atom. The predicted octanol–water partition coefficient (Wildman–Crippen LogP) is 2.01.